The number of rotatable bonds is 3. The van der Waals surface area contributed by atoms with Crippen LogP contribution in [0.2, 0.25) is 0 Å². The monoisotopic (exact) mass is 360 g/mol. The van der Waals surface area contributed by atoms with E-state index in [-0.39, 0.29) is 0 Å². The molecule has 0 spiro atoms. The van der Waals surface area contributed by atoms with Crippen molar-refractivity contribution in [1.29, 1.82) is 0 Å². The van der Waals surface area contributed by atoms with Gasteiger partial charge in [-0.3, -0.25) is 0 Å². The van der Waals surface area contributed by atoms with E-state index in [1.54, 1.807) is 11.3 Å². The lowest BCUT2D eigenvalue weighted by atomic mass is 10.1. The molecule has 3 heterocycles. The molecule has 2 aromatic heterocycles. The van der Waals surface area contributed by atoms with Crippen LogP contribution in [0.15, 0.2) is 40.3 Å². The number of aromatic nitrogens is 1. The number of anilines is 1. The smallest absolute Gasteiger partial charge is 0.134 e. The second-order valence-electron chi connectivity index (χ2n) is 5.00. The van der Waals surface area contributed by atoms with E-state index < -0.39 is 0 Å². The van der Waals surface area contributed by atoms with Crippen LogP contribution < -0.4 is 10.1 Å². The van der Waals surface area contributed by atoms with E-state index in [4.69, 9.17) is 4.74 Å². The Morgan fingerprint density at radius 2 is 2.29 bits per heavy atom. The fourth-order valence-corrected chi connectivity index (χ4v) is 4.03. The summed E-state index contributed by atoms with van der Waals surface area (Å²) in [6.07, 6.45) is 2.84. The van der Waals surface area contributed by atoms with Gasteiger partial charge in [-0.25, -0.2) is 4.98 Å². The van der Waals surface area contributed by atoms with E-state index in [0.29, 0.717) is 6.54 Å². The van der Waals surface area contributed by atoms with Crippen LogP contribution in [-0.4, -0.2) is 11.6 Å². The van der Waals surface area contributed by atoms with E-state index in [1.165, 1.54) is 21.2 Å². The summed E-state index contributed by atoms with van der Waals surface area (Å²) in [5.74, 6) is 1.96. The molecular weight excluding hydrogens is 348 g/mol. The van der Waals surface area contributed by atoms with E-state index >= 15 is 0 Å². The van der Waals surface area contributed by atoms with Gasteiger partial charge < -0.3 is 10.1 Å². The summed E-state index contributed by atoms with van der Waals surface area (Å²) in [6, 6.07) is 8.41. The molecule has 4 rings (SSSR count). The van der Waals surface area contributed by atoms with Gasteiger partial charge in [-0.2, -0.15) is 0 Å². The predicted molar refractivity (Wildman–Crippen MR) is 90.3 cm³/mol. The first-order valence-electron chi connectivity index (χ1n) is 6.81. The molecule has 1 N–H and O–H groups in total. The minimum absolute atomic E-state index is 0.712. The molecule has 0 atom stereocenters. The number of ether oxygens (including phenoxy) is 1. The quantitative estimate of drug-likeness (QED) is 0.740. The highest BCUT2D eigenvalue weighted by Gasteiger charge is 2.17. The number of hydrogen-bond acceptors (Lipinski definition) is 4. The number of hydrogen-bond donors (Lipinski definition) is 1. The highest BCUT2D eigenvalue weighted by molar-refractivity contribution is 9.10. The lowest BCUT2D eigenvalue weighted by Gasteiger charge is -2.11. The standard InChI is InChI=1S/C16H13BrN2OS/c17-12-7-10-2-5-20-15(10)11(8-12)9-19-16-13-3-6-21-14(13)1-4-18-16/h1,3-4,6-8H,2,5,9H2,(H,18,19). The van der Waals surface area contributed by atoms with E-state index in [0.717, 1.165) is 29.1 Å². The topological polar surface area (TPSA) is 34.2 Å². The molecule has 0 aliphatic carbocycles. The van der Waals surface area contributed by atoms with Crippen LogP contribution >= 0.6 is 27.3 Å². The molecule has 3 aromatic rings. The summed E-state index contributed by atoms with van der Waals surface area (Å²) < 4.78 is 8.12. The molecule has 5 heteroatoms. The highest BCUT2D eigenvalue weighted by atomic mass is 79.9. The predicted octanol–water partition coefficient (Wildman–Crippen LogP) is 4.61. The summed E-state index contributed by atoms with van der Waals surface area (Å²) in [5.41, 5.74) is 2.45. The summed E-state index contributed by atoms with van der Waals surface area (Å²) in [6.45, 7) is 1.49. The fraction of sp³-hybridized carbons (Fsp3) is 0.188. The van der Waals surface area contributed by atoms with Gasteiger partial charge >= 0.3 is 0 Å². The van der Waals surface area contributed by atoms with Crippen LogP contribution in [0.25, 0.3) is 10.1 Å². The van der Waals surface area contributed by atoms with Gasteiger partial charge in [0.1, 0.15) is 11.6 Å². The number of benzene rings is 1. The first kappa shape index (κ1) is 13.1. The van der Waals surface area contributed by atoms with Gasteiger partial charge in [0, 0.05) is 39.3 Å². The van der Waals surface area contributed by atoms with Gasteiger partial charge in [0.15, 0.2) is 0 Å². The van der Waals surface area contributed by atoms with Gasteiger partial charge in [-0.1, -0.05) is 15.9 Å². The molecule has 0 amide bonds. The van der Waals surface area contributed by atoms with Crippen LogP contribution in [0.5, 0.6) is 5.75 Å². The van der Waals surface area contributed by atoms with Crippen molar-refractivity contribution in [3.8, 4) is 5.75 Å². The molecule has 1 aromatic carbocycles. The number of fused-ring (bicyclic) bond motifs is 2. The van der Waals surface area contributed by atoms with E-state index in [2.05, 4.69) is 49.8 Å². The Morgan fingerprint density at radius 3 is 3.24 bits per heavy atom. The first-order chi connectivity index (χ1) is 10.3. The van der Waals surface area contributed by atoms with Crippen LogP contribution in [0, 0.1) is 0 Å². The molecule has 1 aliphatic heterocycles. The van der Waals surface area contributed by atoms with Crippen molar-refractivity contribution in [3.63, 3.8) is 0 Å². The minimum Gasteiger partial charge on any atom is -0.493 e. The van der Waals surface area contributed by atoms with Gasteiger partial charge in [-0.05, 0) is 35.2 Å². The zero-order valence-electron chi connectivity index (χ0n) is 11.2. The maximum atomic E-state index is 5.77. The van der Waals surface area contributed by atoms with E-state index in [9.17, 15) is 0 Å². The lowest BCUT2D eigenvalue weighted by molar-refractivity contribution is 0.354. The zero-order valence-corrected chi connectivity index (χ0v) is 13.6. The maximum Gasteiger partial charge on any atom is 0.134 e. The SMILES string of the molecule is Brc1cc2c(c(CNc3nccc4sccc34)c1)OCC2. The van der Waals surface area contributed by atoms with Crippen molar-refractivity contribution in [1.82, 2.24) is 4.98 Å². The molecule has 0 bridgehead atoms. The van der Waals surface area contributed by atoms with Crippen molar-refractivity contribution in [2.75, 3.05) is 11.9 Å². The largest absolute Gasteiger partial charge is 0.493 e. The van der Waals surface area contributed by atoms with Crippen LogP contribution in [-0.2, 0) is 13.0 Å². The van der Waals surface area contributed by atoms with Gasteiger partial charge in [0.05, 0.1) is 6.61 Å². The molecule has 1 aliphatic rings. The number of nitrogens with one attached hydrogen (secondary N) is 1. The van der Waals surface area contributed by atoms with Crippen molar-refractivity contribution >= 4 is 43.2 Å². The molecule has 0 unspecified atom stereocenters. The average molecular weight is 361 g/mol. The summed E-state index contributed by atoms with van der Waals surface area (Å²) in [4.78, 5) is 4.45. The maximum absolute atomic E-state index is 5.77. The third-order valence-corrected chi connectivity index (χ3v) is 4.99. The number of thiophene rings is 1. The summed E-state index contributed by atoms with van der Waals surface area (Å²) in [7, 11) is 0. The van der Waals surface area contributed by atoms with Crippen LogP contribution in [0.1, 0.15) is 11.1 Å². The Bertz CT molecular complexity index is 815. The molecule has 106 valence electrons. The van der Waals surface area contributed by atoms with Crippen LogP contribution in [0.4, 0.5) is 5.82 Å². The van der Waals surface area contributed by atoms with Crippen molar-refractivity contribution in [3.05, 3.63) is 51.4 Å². The fourth-order valence-electron chi connectivity index (χ4n) is 2.69. The molecular formula is C16H13BrN2OS. The second-order valence-corrected chi connectivity index (χ2v) is 6.86. The van der Waals surface area contributed by atoms with E-state index in [1.807, 2.05) is 12.3 Å². The normalized spacial score (nSPS) is 13.2. The second kappa shape index (κ2) is 5.31. The Hall–Kier alpha value is -1.59. The molecule has 0 saturated heterocycles. The van der Waals surface area contributed by atoms with Gasteiger partial charge in [0.2, 0.25) is 0 Å². The van der Waals surface area contributed by atoms with Crippen molar-refractivity contribution in [2.24, 2.45) is 0 Å². The molecule has 0 fully saturated rings. The summed E-state index contributed by atoms with van der Waals surface area (Å²) in [5, 5.41) is 6.71. The van der Waals surface area contributed by atoms with Crippen LogP contribution in [0.3, 0.4) is 0 Å². The molecule has 0 radical (unpaired) electrons. The molecule has 3 nitrogen and oxygen atoms in total. The molecule has 21 heavy (non-hydrogen) atoms. The average Bonchev–Trinajstić information content (AvgIpc) is 3.12. The number of pyridine rings is 1. The third kappa shape index (κ3) is 2.40. The number of nitrogens with zero attached hydrogens (tertiary/aromatic N) is 1. The molecule has 0 saturated carbocycles. The summed E-state index contributed by atoms with van der Waals surface area (Å²) >= 11 is 5.31. The lowest BCUT2D eigenvalue weighted by Crippen LogP contribution is -2.03. The zero-order chi connectivity index (χ0) is 14.2. The van der Waals surface area contributed by atoms with Gasteiger partial charge in [-0.15, -0.1) is 11.3 Å². The van der Waals surface area contributed by atoms with Crippen molar-refractivity contribution < 1.29 is 4.74 Å². The van der Waals surface area contributed by atoms with Gasteiger partial charge in [0.25, 0.3) is 0 Å². The minimum atomic E-state index is 0.712. The Morgan fingerprint density at radius 1 is 1.33 bits per heavy atom. The first-order valence-corrected chi connectivity index (χ1v) is 8.49. The highest BCUT2D eigenvalue weighted by Crippen LogP contribution is 2.34. The Kier molecular flexibility index (Phi) is 3.31. The Balaban J connectivity index is 1.64. The Labute approximate surface area is 135 Å². The van der Waals surface area contributed by atoms with Crippen molar-refractivity contribution in [2.45, 2.75) is 13.0 Å². The number of halogens is 1. The third-order valence-electron chi connectivity index (χ3n) is 3.65.